The molecule has 19 aromatic carbocycles. The first kappa shape index (κ1) is 78.6. The lowest BCUT2D eigenvalue weighted by Gasteiger charge is -2.20. The van der Waals surface area contributed by atoms with E-state index in [0.717, 1.165) is 117 Å². The lowest BCUT2D eigenvalue weighted by atomic mass is 9.99. The van der Waals surface area contributed by atoms with E-state index >= 15 is 0 Å². The molecule has 0 radical (unpaired) electrons. The third kappa shape index (κ3) is 13.0. The van der Waals surface area contributed by atoms with Gasteiger partial charge >= 0.3 is 0 Å². The topological polar surface area (TPSA) is 80.7 Å². The molecule has 0 N–H and O–H groups in total. The number of hydrogen-bond acceptors (Lipinski definition) is 3. The highest BCUT2D eigenvalue weighted by Gasteiger charge is 2.32. The van der Waals surface area contributed by atoms with Crippen molar-refractivity contribution in [2.24, 2.45) is 0 Å². The van der Waals surface area contributed by atoms with Gasteiger partial charge in [-0.05, 0) is 167 Å². The zero-order valence-corrected chi connectivity index (χ0v) is 73.6. The molecular weight excluding hydrogens is 1650 g/mol. The highest BCUT2D eigenvalue weighted by atomic mass is 31.2. The van der Waals surface area contributed by atoms with E-state index in [1.165, 1.54) is 99.3 Å². The molecule has 0 unspecified atom stereocenters. The van der Waals surface area contributed by atoms with Crippen molar-refractivity contribution in [3.05, 3.63) is 504 Å². The van der Waals surface area contributed by atoms with E-state index < -0.39 is 7.14 Å². The van der Waals surface area contributed by atoms with Gasteiger partial charge in [-0.2, -0.15) is 0 Å². The average molecular weight is 1740 g/mol. The zero-order valence-electron chi connectivity index (χ0n) is 72.7. The number of imidazole rings is 5. The van der Waals surface area contributed by atoms with Crippen molar-refractivity contribution < 1.29 is 4.57 Å². The summed E-state index contributed by atoms with van der Waals surface area (Å²) in [5.74, 6) is 1.87. The fourth-order valence-corrected chi connectivity index (χ4v) is 23.0. The van der Waals surface area contributed by atoms with Gasteiger partial charge in [0.15, 0.2) is 7.14 Å². The Labute approximate surface area is 772 Å². The van der Waals surface area contributed by atoms with Crippen LogP contribution in [-0.4, -0.2) is 46.0 Å². The van der Waals surface area contributed by atoms with Crippen LogP contribution in [0.4, 0.5) is 0 Å². The number of para-hydroxylation sites is 17. The summed E-state index contributed by atoms with van der Waals surface area (Å²) >= 11 is 0. The molecule has 0 fully saturated rings. The van der Waals surface area contributed by atoms with Crippen LogP contribution in [0.25, 0.3) is 201 Å². The summed E-state index contributed by atoms with van der Waals surface area (Å²) in [6.45, 7) is 0. The van der Waals surface area contributed by atoms with Gasteiger partial charge in [0.1, 0.15) is 28.6 Å². The van der Waals surface area contributed by atoms with Crippen LogP contribution in [0, 0.1) is 0 Å². The first-order valence-electron chi connectivity index (χ1n) is 45.4. The minimum absolute atomic E-state index is 0.830. The van der Waals surface area contributed by atoms with E-state index in [0.29, 0.717) is 0 Å². The minimum Gasteiger partial charge on any atom is -0.309 e. The van der Waals surface area contributed by atoms with Gasteiger partial charge in [0, 0.05) is 88.3 Å². The lowest BCUT2D eigenvalue weighted by Crippen LogP contribution is -2.24. The number of hydrogen-bond donors (Lipinski definition) is 0. The highest BCUT2D eigenvalue weighted by Crippen LogP contribution is 2.48. The molecular formula is C122H83N10OP. The normalized spacial score (nSPS) is 11.8. The second-order valence-corrected chi connectivity index (χ2v) is 36.6. The average Bonchev–Trinajstić information content (AvgIpc) is 1.56. The van der Waals surface area contributed by atoms with E-state index in [1.807, 2.05) is 91.0 Å². The summed E-state index contributed by atoms with van der Waals surface area (Å²) in [7, 11) is -3.02. The molecule has 0 bridgehead atoms. The van der Waals surface area contributed by atoms with Gasteiger partial charge in [-0.25, -0.2) is 9.97 Å². The van der Waals surface area contributed by atoms with Gasteiger partial charge in [-0.15, -0.1) is 0 Å². The summed E-state index contributed by atoms with van der Waals surface area (Å²) in [6, 6.07) is 176. The fourth-order valence-electron chi connectivity index (χ4n) is 20.4. The Hall–Kier alpha value is -17.6. The van der Waals surface area contributed by atoms with Crippen molar-refractivity contribution >= 4 is 128 Å². The second-order valence-electron chi connectivity index (χ2n) is 33.9. The minimum atomic E-state index is -3.02. The monoisotopic (exact) mass is 1730 g/mol. The van der Waals surface area contributed by atoms with E-state index in [4.69, 9.17) is 9.97 Å². The summed E-state index contributed by atoms with van der Waals surface area (Å²) in [6.07, 6.45) is 0. The zero-order chi connectivity index (χ0) is 88.7. The standard InChI is InChI=1S/C44H31N2OP.2C39H26N4/c47-48(36-16-6-2-7-17-36,37-18-8-3-9-19-37)38-30-28-33(29-31-38)32-24-26-34(27-25-32)43-39-20-10-11-21-40(39)46-42-23-13-12-22-41(42)45(44(43)46)35-14-4-1-5-15-35;1-3-13-29(14-4-1)41-34-20-10-8-18-32(34)40-38(41)28-25-23-27(24-26-28)37-31-17-7-9-19-33(31)43-36-22-12-11-21-35(36)42(39(37)43)30-15-5-2-6-16-30;1-3-13-28(14-4-1)38-40-32-18-8-10-20-34(32)41(38)30-25-23-27(24-26-30)37-31-17-7-9-19-33(31)43-36-22-12-11-21-35(36)42(39(37)43)29-15-5-2-6-16-29/h1-31H;2*1-26H. The molecule has 8 aromatic heterocycles. The first-order chi connectivity index (χ1) is 66.4. The maximum Gasteiger partial charge on any atom is 0.171 e. The van der Waals surface area contributed by atoms with Crippen LogP contribution in [0.5, 0.6) is 0 Å². The third-order valence-electron chi connectivity index (χ3n) is 26.3. The molecule has 8 heterocycles. The Morgan fingerprint density at radius 1 is 0.164 bits per heavy atom. The highest BCUT2D eigenvalue weighted by molar-refractivity contribution is 7.85. The summed E-state index contributed by atoms with van der Waals surface area (Å²) in [5.41, 5.74) is 35.5. The van der Waals surface area contributed by atoms with Crippen LogP contribution in [0.15, 0.2) is 504 Å². The van der Waals surface area contributed by atoms with Crippen molar-refractivity contribution in [3.63, 3.8) is 0 Å². The molecule has 27 rings (SSSR count). The molecule has 0 aliphatic carbocycles. The Bertz CT molecular complexity index is 9100. The number of aromatic nitrogens is 10. The second kappa shape index (κ2) is 32.8. The summed E-state index contributed by atoms with van der Waals surface area (Å²) in [4.78, 5) is 10.1. The van der Waals surface area contributed by atoms with E-state index in [9.17, 15) is 4.57 Å². The summed E-state index contributed by atoms with van der Waals surface area (Å²) < 4.78 is 33.8. The van der Waals surface area contributed by atoms with Gasteiger partial charge < -0.3 is 4.57 Å². The number of fused-ring (bicyclic) bond motifs is 17. The predicted octanol–water partition coefficient (Wildman–Crippen LogP) is 29.4. The Kier molecular flexibility index (Phi) is 19.3. The van der Waals surface area contributed by atoms with Gasteiger partial charge in [0.05, 0.1) is 71.7 Å². The van der Waals surface area contributed by atoms with E-state index in [1.54, 1.807) is 0 Å². The Balaban J connectivity index is 0.000000108. The van der Waals surface area contributed by atoms with Gasteiger partial charge in [0.2, 0.25) is 0 Å². The maximum absolute atomic E-state index is 14.8. The van der Waals surface area contributed by atoms with Crippen molar-refractivity contribution in [2.75, 3.05) is 0 Å². The molecule has 11 nitrogen and oxygen atoms in total. The van der Waals surface area contributed by atoms with Crippen molar-refractivity contribution in [1.29, 1.82) is 0 Å². The van der Waals surface area contributed by atoms with Crippen LogP contribution in [0.2, 0.25) is 0 Å². The molecule has 12 heteroatoms. The molecule has 632 valence electrons. The molecule has 0 spiro atoms. The van der Waals surface area contributed by atoms with Crippen molar-refractivity contribution in [1.82, 2.24) is 46.0 Å². The van der Waals surface area contributed by atoms with Crippen LogP contribution >= 0.6 is 7.14 Å². The van der Waals surface area contributed by atoms with E-state index in [2.05, 4.69) is 449 Å². The Morgan fingerprint density at radius 3 is 0.731 bits per heavy atom. The number of rotatable bonds is 14. The largest absolute Gasteiger partial charge is 0.309 e. The van der Waals surface area contributed by atoms with Crippen LogP contribution < -0.4 is 15.9 Å². The quantitative estimate of drug-likeness (QED) is 0.102. The van der Waals surface area contributed by atoms with Crippen LogP contribution in [0.1, 0.15) is 0 Å². The molecule has 27 aromatic rings. The lowest BCUT2D eigenvalue weighted by molar-refractivity contribution is 0.592. The molecule has 0 atom stereocenters. The van der Waals surface area contributed by atoms with Crippen molar-refractivity contribution in [2.45, 2.75) is 0 Å². The first-order valence-corrected chi connectivity index (χ1v) is 47.1. The van der Waals surface area contributed by atoms with Crippen LogP contribution in [0.3, 0.4) is 0 Å². The number of nitrogens with zero attached hydrogens (tertiary/aromatic N) is 10. The van der Waals surface area contributed by atoms with Gasteiger partial charge in [-0.1, -0.05) is 364 Å². The predicted molar refractivity (Wildman–Crippen MR) is 556 cm³/mol. The van der Waals surface area contributed by atoms with E-state index in [-0.39, 0.29) is 0 Å². The third-order valence-corrected chi connectivity index (χ3v) is 29.4. The molecule has 0 saturated carbocycles. The summed E-state index contributed by atoms with van der Waals surface area (Å²) in [5, 5.41) is 6.20. The number of benzene rings is 19. The molecule has 0 amide bonds. The molecule has 134 heavy (non-hydrogen) atoms. The van der Waals surface area contributed by atoms with Crippen LogP contribution in [-0.2, 0) is 4.57 Å². The van der Waals surface area contributed by atoms with Crippen molar-refractivity contribution in [3.8, 4) is 95.7 Å². The maximum atomic E-state index is 14.8. The fraction of sp³-hybridized carbons (Fsp3) is 0. The van der Waals surface area contributed by atoms with Gasteiger partial charge in [-0.3, -0.25) is 36.0 Å². The smallest absolute Gasteiger partial charge is 0.171 e. The molecule has 0 saturated heterocycles. The van der Waals surface area contributed by atoms with Gasteiger partial charge in [0.25, 0.3) is 0 Å². The molecule has 0 aliphatic heterocycles. The molecule has 0 aliphatic rings. The SMILES string of the molecule is O=P(c1ccccc1)(c1ccccc1)c1ccc(-c2ccc(-c3c4ccccc4n4c5ccccc5n(-c5ccccc5)c34)cc2)cc1.c1ccc(-c2nc3ccccc3n2-c2ccc(-c3c4ccccc4n4c5ccccc5n(-c5ccccc5)c34)cc2)cc1.c1ccc(-n2c(-c3ccc(-c4c5ccccc5n5c6ccccc6n(-c6ccccc6)c45)cc3)nc3ccccc32)cc1. The Morgan fingerprint density at radius 2 is 0.388 bits per heavy atom.